The summed E-state index contributed by atoms with van der Waals surface area (Å²) in [6, 6.07) is 8.87. The molecule has 2 aromatic rings. The molecule has 1 aromatic heterocycles. The van der Waals surface area contributed by atoms with E-state index in [0.717, 1.165) is 30.5 Å². The number of oxazole rings is 1. The smallest absolute Gasteiger partial charge is 0.410 e. The first-order chi connectivity index (χ1) is 11.3. The van der Waals surface area contributed by atoms with Crippen molar-refractivity contribution in [2.45, 2.75) is 43.9 Å². The van der Waals surface area contributed by atoms with Crippen LogP contribution in [0, 0.1) is 0 Å². The van der Waals surface area contributed by atoms with Crippen molar-refractivity contribution in [3.8, 4) is 0 Å². The molecule has 1 amide bonds. The summed E-state index contributed by atoms with van der Waals surface area (Å²) in [5.74, 6) is 0. The van der Waals surface area contributed by atoms with E-state index in [1.165, 1.54) is 12.8 Å². The van der Waals surface area contributed by atoms with E-state index in [-0.39, 0.29) is 18.2 Å². The van der Waals surface area contributed by atoms with Gasteiger partial charge in [0.2, 0.25) is 0 Å². The summed E-state index contributed by atoms with van der Waals surface area (Å²) in [7, 11) is 0. The first-order valence-electron chi connectivity index (χ1n) is 8.39. The van der Waals surface area contributed by atoms with E-state index in [1.54, 1.807) is 0 Å². The summed E-state index contributed by atoms with van der Waals surface area (Å²) >= 11 is 0. The van der Waals surface area contributed by atoms with Crippen LogP contribution < -0.4 is 4.90 Å². The highest BCUT2D eigenvalue weighted by Crippen LogP contribution is 2.36. The predicted molar refractivity (Wildman–Crippen MR) is 84.4 cm³/mol. The molecule has 1 saturated carbocycles. The second-order valence-corrected chi connectivity index (χ2v) is 6.70. The molecule has 3 aliphatic rings. The van der Waals surface area contributed by atoms with Gasteiger partial charge in [-0.15, -0.1) is 0 Å². The molecule has 120 valence electrons. The van der Waals surface area contributed by atoms with Crippen LogP contribution in [0.15, 0.2) is 28.7 Å². The first kappa shape index (κ1) is 13.2. The highest BCUT2D eigenvalue weighted by atomic mass is 16.6. The number of para-hydroxylation sites is 2. The minimum Gasteiger partial charge on any atom is -0.442 e. The van der Waals surface area contributed by atoms with Gasteiger partial charge in [-0.05, 0) is 25.0 Å². The number of nitrogens with zero attached hydrogens (tertiary/aromatic N) is 3. The zero-order valence-corrected chi connectivity index (χ0v) is 12.9. The van der Waals surface area contributed by atoms with Gasteiger partial charge in [-0.1, -0.05) is 25.0 Å². The maximum atomic E-state index is 12.2. The number of ether oxygens (including phenoxy) is 1. The molecule has 0 bridgehead atoms. The Bertz CT molecular complexity index is 719. The minimum atomic E-state index is -0.135. The molecule has 3 fully saturated rings. The van der Waals surface area contributed by atoms with Crippen molar-refractivity contribution < 1.29 is 13.9 Å². The molecule has 2 atom stereocenters. The molecule has 1 aliphatic carbocycles. The number of fused-ring (bicyclic) bond motifs is 2. The molecule has 0 N–H and O–H groups in total. The van der Waals surface area contributed by atoms with Crippen LogP contribution in [0.1, 0.15) is 25.7 Å². The lowest BCUT2D eigenvalue weighted by molar-refractivity contribution is 0.129. The molecular weight excluding hydrogens is 294 g/mol. The Balaban J connectivity index is 1.40. The lowest BCUT2D eigenvalue weighted by atomic mass is 10.1. The van der Waals surface area contributed by atoms with Crippen molar-refractivity contribution in [3.63, 3.8) is 0 Å². The monoisotopic (exact) mass is 313 g/mol. The molecule has 0 radical (unpaired) electrons. The van der Waals surface area contributed by atoms with E-state index in [1.807, 2.05) is 29.2 Å². The van der Waals surface area contributed by atoms with E-state index < -0.39 is 0 Å². The molecule has 2 saturated heterocycles. The van der Waals surface area contributed by atoms with Gasteiger partial charge in [-0.3, -0.25) is 4.90 Å². The topological polar surface area (TPSA) is 58.8 Å². The van der Waals surface area contributed by atoms with Gasteiger partial charge in [0.25, 0.3) is 6.01 Å². The van der Waals surface area contributed by atoms with Crippen LogP contribution in [-0.4, -0.2) is 47.3 Å². The van der Waals surface area contributed by atoms with Crippen LogP contribution >= 0.6 is 0 Å². The summed E-state index contributed by atoms with van der Waals surface area (Å²) in [6.45, 7) is 1.40. The van der Waals surface area contributed by atoms with Gasteiger partial charge in [-0.2, -0.15) is 4.98 Å². The maximum absolute atomic E-state index is 12.2. The molecular formula is C17H19N3O3. The van der Waals surface area contributed by atoms with Gasteiger partial charge < -0.3 is 14.1 Å². The van der Waals surface area contributed by atoms with Crippen molar-refractivity contribution >= 4 is 23.2 Å². The Labute approximate surface area is 134 Å². The number of carbonyl (C=O) groups excluding carboxylic acids is 1. The van der Waals surface area contributed by atoms with Crippen LogP contribution in [0.25, 0.3) is 11.1 Å². The number of anilines is 1. The molecule has 6 nitrogen and oxygen atoms in total. The molecule has 1 aromatic carbocycles. The molecule has 6 heteroatoms. The van der Waals surface area contributed by atoms with Crippen molar-refractivity contribution in [2.24, 2.45) is 0 Å². The van der Waals surface area contributed by atoms with Gasteiger partial charge in [0, 0.05) is 12.6 Å². The van der Waals surface area contributed by atoms with E-state index >= 15 is 0 Å². The SMILES string of the molecule is O=C1O[C@@H]2CN(c3nc4ccccc4o3)C[C@@H]2N1C1CCCC1. The Morgan fingerprint density at radius 2 is 1.96 bits per heavy atom. The fourth-order valence-electron chi connectivity index (χ4n) is 4.22. The van der Waals surface area contributed by atoms with Crippen LogP contribution in [0.2, 0.25) is 0 Å². The average Bonchev–Trinajstić information content (AvgIpc) is 3.28. The summed E-state index contributed by atoms with van der Waals surface area (Å²) in [4.78, 5) is 20.9. The number of rotatable bonds is 2. The van der Waals surface area contributed by atoms with Crippen molar-refractivity contribution in [2.75, 3.05) is 18.0 Å². The number of aromatic nitrogens is 1. The van der Waals surface area contributed by atoms with Gasteiger partial charge >= 0.3 is 6.09 Å². The fraction of sp³-hybridized carbons (Fsp3) is 0.529. The summed E-state index contributed by atoms with van der Waals surface area (Å²) in [6.07, 6.45) is 4.41. The third-order valence-corrected chi connectivity index (χ3v) is 5.33. The van der Waals surface area contributed by atoms with Crippen LogP contribution in [0.3, 0.4) is 0 Å². The van der Waals surface area contributed by atoms with Crippen LogP contribution in [0.4, 0.5) is 10.8 Å². The van der Waals surface area contributed by atoms with Crippen molar-refractivity contribution in [3.05, 3.63) is 24.3 Å². The molecule has 5 rings (SSSR count). The maximum Gasteiger partial charge on any atom is 0.410 e. The number of benzene rings is 1. The Morgan fingerprint density at radius 1 is 1.13 bits per heavy atom. The quantitative estimate of drug-likeness (QED) is 0.853. The second kappa shape index (κ2) is 4.88. The lowest BCUT2D eigenvalue weighted by Gasteiger charge is -2.27. The Morgan fingerprint density at radius 3 is 2.78 bits per heavy atom. The molecule has 0 spiro atoms. The zero-order chi connectivity index (χ0) is 15.4. The second-order valence-electron chi connectivity index (χ2n) is 6.70. The first-order valence-corrected chi connectivity index (χ1v) is 8.39. The van der Waals surface area contributed by atoms with Crippen molar-refractivity contribution in [1.29, 1.82) is 0 Å². The van der Waals surface area contributed by atoms with Crippen LogP contribution in [-0.2, 0) is 4.74 Å². The van der Waals surface area contributed by atoms with Gasteiger partial charge in [0.05, 0.1) is 12.6 Å². The predicted octanol–water partition coefficient (Wildman–Crippen LogP) is 2.78. The summed E-state index contributed by atoms with van der Waals surface area (Å²) in [5.41, 5.74) is 1.66. The number of hydrogen-bond donors (Lipinski definition) is 0. The third-order valence-electron chi connectivity index (χ3n) is 5.33. The summed E-state index contributed by atoms with van der Waals surface area (Å²) < 4.78 is 11.5. The van der Waals surface area contributed by atoms with Crippen molar-refractivity contribution in [1.82, 2.24) is 9.88 Å². The molecule has 2 aliphatic heterocycles. The molecule has 3 heterocycles. The summed E-state index contributed by atoms with van der Waals surface area (Å²) in [5, 5.41) is 0. The standard InChI is InChI=1S/C17H19N3O3/c21-17-20(11-5-1-2-6-11)13-9-19(10-15(13)23-17)16-18-12-7-3-4-8-14(12)22-16/h3-4,7-8,11,13,15H,1-2,5-6,9-10H2/t13-,15+/m0/s1. The minimum absolute atomic E-state index is 0.0712. The fourth-order valence-corrected chi connectivity index (χ4v) is 4.22. The highest BCUT2D eigenvalue weighted by molar-refractivity contribution is 5.75. The number of amides is 1. The van der Waals surface area contributed by atoms with Gasteiger partial charge in [0.1, 0.15) is 11.6 Å². The van der Waals surface area contributed by atoms with E-state index in [9.17, 15) is 4.79 Å². The van der Waals surface area contributed by atoms with E-state index in [2.05, 4.69) is 9.88 Å². The van der Waals surface area contributed by atoms with Crippen LogP contribution in [0.5, 0.6) is 0 Å². The van der Waals surface area contributed by atoms with Gasteiger partial charge in [0.15, 0.2) is 5.58 Å². The third kappa shape index (κ3) is 2.00. The zero-order valence-electron chi connectivity index (χ0n) is 12.9. The Kier molecular flexibility index (Phi) is 2.80. The molecule has 0 unspecified atom stereocenters. The highest BCUT2D eigenvalue weighted by Gasteiger charge is 2.51. The molecule has 23 heavy (non-hydrogen) atoms. The van der Waals surface area contributed by atoms with E-state index in [0.29, 0.717) is 18.6 Å². The average molecular weight is 313 g/mol. The number of carbonyl (C=O) groups is 1. The Hall–Kier alpha value is -2.24. The normalized spacial score (nSPS) is 27.9. The van der Waals surface area contributed by atoms with Gasteiger partial charge in [-0.25, -0.2) is 4.79 Å². The number of hydrogen-bond acceptors (Lipinski definition) is 5. The largest absolute Gasteiger partial charge is 0.442 e. The van der Waals surface area contributed by atoms with E-state index in [4.69, 9.17) is 9.15 Å². The lowest BCUT2D eigenvalue weighted by Crippen LogP contribution is -2.43.